The highest BCUT2D eigenvalue weighted by Gasteiger charge is 2.27. The van der Waals surface area contributed by atoms with Gasteiger partial charge in [0.05, 0.1) is 6.10 Å². The van der Waals surface area contributed by atoms with Crippen molar-refractivity contribution in [2.24, 2.45) is 17.1 Å². The number of hydrogen-bond donors (Lipinski definition) is 1. The van der Waals surface area contributed by atoms with Crippen molar-refractivity contribution in [3.63, 3.8) is 0 Å². The molecule has 5 nitrogen and oxygen atoms in total. The normalized spacial score (nSPS) is 18.8. The monoisotopic (exact) mass is 328 g/mol. The lowest BCUT2D eigenvalue weighted by Crippen LogP contribution is -2.43. The molecule has 1 amide bonds. The maximum Gasteiger partial charge on any atom is 0.410 e. The Labute approximate surface area is 141 Å². The van der Waals surface area contributed by atoms with Gasteiger partial charge in [0.25, 0.3) is 0 Å². The van der Waals surface area contributed by atoms with Crippen LogP contribution in [0.1, 0.15) is 60.8 Å². The number of ether oxygens (including phenoxy) is 2. The fraction of sp³-hybridized carbons (Fsp3) is 0.944. The number of carbonyl (C=O) groups is 1. The molecular formula is C18H36N2O3. The van der Waals surface area contributed by atoms with Gasteiger partial charge in [0.1, 0.15) is 5.60 Å². The van der Waals surface area contributed by atoms with Gasteiger partial charge in [-0.1, -0.05) is 20.8 Å². The Morgan fingerprint density at radius 2 is 1.78 bits per heavy atom. The second kappa shape index (κ2) is 8.34. The zero-order valence-corrected chi connectivity index (χ0v) is 15.9. The van der Waals surface area contributed by atoms with E-state index in [0.717, 1.165) is 25.9 Å². The Kier molecular flexibility index (Phi) is 7.33. The zero-order chi connectivity index (χ0) is 17.7. The SMILES string of the molecule is CC(COC1CCN(C(=O)OC(C)(C)C)CC1)CC(C)(C)CN. The minimum atomic E-state index is -0.435. The summed E-state index contributed by atoms with van der Waals surface area (Å²) < 4.78 is 11.5. The van der Waals surface area contributed by atoms with E-state index in [1.807, 2.05) is 20.8 Å². The van der Waals surface area contributed by atoms with Gasteiger partial charge in [0.15, 0.2) is 0 Å². The smallest absolute Gasteiger partial charge is 0.410 e. The van der Waals surface area contributed by atoms with Crippen LogP contribution in [-0.2, 0) is 9.47 Å². The van der Waals surface area contributed by atoms with Gasteiger partial charge in [-0.05, 0) is 57.9 Å². The van der Waals surface area contributed by atoms with Crippen LogP contribution in [0.4, 0.5) is 4.79 Å². The fourth-order valence-electron chi connectivity index (χ4n) is 2.92. The van der Waals surface area contributed by atoms with E-state index >= 15 is 0 Å². The van der Waals surface area contributed by atoms with Crippen molar-refractivity contribution in [2.45, 2.75) is 72.5 Å². The minimum absolute atomic E-state index is 0.169. The number of hydrogen-bond acceptors (Lipinski definition) is 4. The zero-order valence-electron chi connectivity index (χ0n) is 15.9. The number of rotatable bonds is 6. The first-order valence-electron chi connectivity index (χ1n) is 8.82. The molecule has 0 aromatic carbocycles. The van der Waals surface area contributed by atoms with Crippen LogP contribution in [0.15, 0.2) is 0 Å². The summed E-state index contributed by atoms with van der Waals surface area (Å²) in [5, 5.41) is 0. The molecule has 23 heavy (non-hydrogen) atoms. The third-order valence-corrected chi connectivity index (χ3v) is 4.16. The summed E-state index contributed by atoms with van der Waals surface area (Å²) in [4.78, 5) is 13.8. The van der Waals surface area contributed by atoms with Gasteiger partial charge in [-0.2, -0.15) is 0 Å². The van der Waals surface area contributed by atoms with Gasteiger partial charge in [0.2, 0.25) is 0 Å². The maximum absolute atomic E-state index is 12.0. The first kappa shape index (κ1) is 20.2. The Bertz CT molecular complexity index is 369. The topological polar surface area (TPSA) is 64.8 Å². The van der Waals surface area contributed by atoms with Crippen molar-refractivity contribution in [1.29, 1.82) is 0 Å². The molecule has 0 aromatic heterocycles. The Balaban J connectivity index is 2.28. The average Bonchev–Trinajstić information content (AvgIpc) is 2.43. The van der Waals surface area contributed by atoms with Crippen molar-refractivity contribution in [3.8, 4) is 0 Å². The van der Waals surface area contributed by atoms with Crippen molar-refractivity contribution < 1.29 is 14.3 Å². The van der Waals surface area contributed by atoms with Crippen molar-refractivity contribution >= 4 is 6.09 Å². The molecule has 1 atom stereocenters. The first-order chi connectivity index (χ1) is 10.5. The number of likely N-dealkylation sites (tertiary alicyclic amines) is 1. The number of piperidine rings is 1. The number of nitrogens with zero attached hydrogens (tertiary/aromatic N) is 1. The lowest BCUT2D eigenvalue weighted by molar-refractivity contribution is -0.0228. The molecule has 1 rings (SSSR count). The van der Waals surface area contributed by atoms with Crippen LogP contribution in [0.25, 0.3) is 0 Å². The summed E-state index contributed by atoms with van der Waals surface area (Å²) in [7, 11) is 0. The molecule has 1 unspecified atom stereocenters. The van der Waals surface area contributed by atoms with Crippen molar-refractivity contribution in [2.75, 3.05) is 26.2 Å². The molecule has 1 aliphatic rings. The molecule has 0 aliphatic carbocycles. The molecule has 0 spiro atoms. The molecule has 136 valence electrons. The standard InChI is InChI=1S/C18H36N2O3/c1-14(11-18(5,6)13-19)12-22-15-7-9-20(10-8-15)16(21)23-17(2,3)4/h14-15H,7-13,19H2,1-6H3. The molecule has 1 saturated heterocycles. The fourth-order valence-corrected chi connectivity index (χ4v) is 2.92. The summed E-state index contributed by atoms with van der Waals surface area (Å²) in [5.74, 6) is 0.498. The van der Waals surface area contributed by atoms with Crippen molar-refractivity contribution in [1.82, 2.24) is 4.90 Å². The van der Waals surface area contributed by atoms with Crippen LogP contribution in [0, 0.1) is 11.3 Å². The summed E-state index contributed by atoms with van der Waals surface area (Å²) in [6.07, 6.45) is 2.87. The lowest BCUT2D eigenvalue weighted by Gasteiger charge is -2.34. The highest BCUT2D eigenvalue weighted by molar-refractivity contribution is 5.68. The highest BCUT2D eigenvalue weighted by atomic mass is 16.6. The van der Waals surface area contributed by atoms with Crippen LogP contribution in [0.2, 0.25) is 0 Å². The van der Waals surface area contributed by atoms with E-state index in [0.29, 0.717) is 25.6 Å². The number of amides is 1. The van der Waals surface area contributed by atoms with Gasteiger partial charge >= 0.3 is 6.09 Å². The quantitative estimate of drug-likeness (QED) is 0.811. The van der Waals surface area contributed by atoms with Crippen LogP contribution in [-0.4, -0.2) is 48.9 Å². The van der Waals surface area contributed by atoms with E-state index in [9.17, 15) is 4.79 Å². The molecule has 0 bridgehead atoms. The van der Waals surface area contributed by atoms with Gasteiger partial charge in [0, 0.05) is 19.7 Å². The third-order valence-electron chi connectivity index (χ3n) is 4.16. The van der Waals surface area contributed by atoms with E-state index in [2.05, 4.69) is 20.8 Å². The maximum atomic E-state index is 12.0. The first-order valence-corrected chi connectivity index (χ1v) is 8.82. The van der Waals surface area contributed by atoms with Crippen LogP contribution in [0.3, 0.4) is 0 Å². The number of carbonyl (C=O) groups excluding carboxylic acids is 1. The minimum Gasteiger partial charge on any atom is -0.444 e. The summed E-state index contributed by atoms with van der Waals surface area (Å²) in [5.41, 5.74) is 5.53. The van der Waals surface area contributed by atoms with E-state index in [1.54, 1.807) is 4.90 Å². The Morgan fingerprint density at radius 1 is 1.22 bits per heavy atom. The van der Waals surface area contributed by atoms with E-state index < -0.39 is 5.60 Å². The second-order valence-electron chi connectivity index (χ2n) is 8.68. The van der Waals surface area contributed by atoms with Crippen LogP contribution in [0.5, 0.6) is 0 Å². The van der Waals surface area contributed by atoms with Gasteiger partial charge in [-0.15, -0.1) is 0 Å². The van der Waals surface area contributed by atoms with Gasteiger partial charge < -0.3 is 20.1 Å². The largest absolute Gasteiger partial charge is 0.444 e. The van der Waals surface area contributed by atoms with E-state index in [1.165, 1.54) is 0 Å². The van der Waals surface area contributed by atoms with E-state index in [-0.39, 0.29) is 17.6 Å². The molecule has 2 N–H and O–H groups in total. The molecule has 1 aliphatic heterocycles. The molecule has 0 aromatic rings. The molecule has 0 saturated carbocycles. The van der Waals surface area contributed by atoms with Crippen LogP contribution >= 0.6 is 0 Å². The van der Waals surface area contributed by atoms with Crippen LogP contribution < -0.4 is 5.73 Å². The summed E-state index contributed by atoms with van der Waals surface area (Å²) >= 11 is 0. The Hall–Kier alpha value is -0.810. The predicted molar refractivity (Wildman–Crippen MR) is 93.4 cm³/mol. The van der Waals surface area contributed by atoms with Gasteiger partial charge in [-0.25, -0.2) is 4.79 Å². The molecule has 5 heteroatoms. The summed E-state index contributed by atoms with van der Waals surface area (Å²) in [6, 6.07) is 0. The third kappa shape index (κ3) is 8.02. The van der Waals surface area contributed by atoms with Gasteiger partial charge in [-0.3, -0.25) is 0 Å². The number of nitrogens with two attached hydrogens (primary N) is 1. The highest BCUT2D eigenvalue weighted by Crippen LogP contribution is 2.25. The lowest BCUT2D eigenvalue weighted by atomic mass is 9.84. The molecule has 1 heterocycles. The second-order valence-corrected chi connectivity index (χ2v) is 8.68. The Morgan fingerprint density at radius 3 is 2.26 bits per heavy atom. The van der Waals surface area contributed by atoms with Crippen molar-refractivity contribution in [3.05, 3.63) is 0 Å². The average molecular weight is 328 g/mol. The van der Waals surface area contributed by atoms with E-state index in [4.69, 9.17) is 15.2 Å². The summed E-state index contributed by atoms with van der Waals surface area (Å²) in [6.45, 7) is 15.2. The molecule has 0 radical (unpaired) electrons. The molecular weight excluding hydrogens is 292 g/mol. The predicted octanol–water partition coefficient (Wildman–Crippen LogP) is 3.41. The molecule has 1 fully saturated rings.